The molecule has 0 saturated heterocycles. The van der Waals surface area contributed by atoms with E-state index in [1.807, 2.05) is 36.5 Å². The van der Waals surface area contributed by atoms with Gasteiger partial charge in [0, 0.05) is 11.8 Å². The van der Waals surface area contributed by atoms with E-state index in [-0.39, 0.29) is 35.9 Å². The molecule has 0 saturated carbocycles. The van der Waals surface area contributed by atoms with E-state index in [2.05, 4.69) is 16.7 Å². The van der Waals surface area contributed by atoms with Crippen molar-refractivity contribution in [2.75, 3.05) is 31.0 Å². The molecule has 1 aromatic carbocycles. The number of anilines is 2. The molecule has 4 atom stereocenters. The van der Waals surface area contributed by atoms with Crippen LogP contribution in [0.15, 0.2) is 53.7 Å². The van der Waals surface area contributed by atoms with Gasteiger partial charge in [-0.15, -0.1) is 0 Å². The molecule has 1 aromatic rings. The number of nitrogens with one attached hydrogen (secondary N) is 2. The third-order valence-corrected chi connectivity index (χ3v) is 6.37. The monoisotopic (exact) mass is 434 g/mol. The average molecular weight is 434 g/mol. The Labute approximate surface area is 186 Å². The lowest BCUT2D eigenvalue weighted by molar-refractivity contribution is -0.139. The molecule has 0 spiro atoms. The lowest BCUT2D eigenvalue weighted by atomic mass is 9.84. The van der Waals surface area contributed by atoms with Crippen LogP contribution in [0.2, 0.25) is 0 Å². The SMILES string of the molecule is CCOC(=O)C1=CC2c3cc4c(c(OC)c3NC2C=C1)NC1C=CC(C(=O)OCC)=CC41. The van der Waals surface area contributed by atoms with Gasteiger partial charge in [-0.2, -0.15) is 0 Å². The lowest BCUT2D eigenvalue weighted by Crippen LogP contribution is -2.22. The number of ether oxygens (including phenoxy) is 3. The van der Waals surface area contributed by atoms with Gasteiger partial charge in [-0.05, 0) is 37.1 Å². The van der Waals surface area contributed by atoms with Gasteiger partial charge in [0.05, 0.1) is 54.9 Å². The van der Waals surface area contributed by atoms with E-state index >= 15 is 0 Å². The van der Waals surface area contributed by atoms with E-state index in [4.69, 9.17) is 14.2 Å². The summed E-state index contributed by atoms with van der Waals surface area (Å²) in [5.74, 6) is 0.0933. The Bertz CT molecular complexity index is 1030. The number of hydrogen-bond donors (Lipinski definition) is 2. The van der Waals surface area contributed by atoms with Crippen LogP contribution in [0, 0.1) is 0 Å². The molecule has 4 aliphatic rings. The maximum absolute atomic E-state index is 12.3. The molecule has 166 valence electrons. The molecule has 7 heteroatoms. The highest BCUT2D eigenvalue weighted by Gasteiger charge is 2.41. The van der Waals surface area contributed by atoms with Crippen molar-refractivity contribution >= 4 is 23.3 Å². The van der Waals surface area contributed by atoms with Crippen LogP contribution >= 0.6 is 0 Å². The normalized spacial score (nSPS) is 25.8. The number of hydrogen-bond acceptors (Lipinski definition) is 7. The van der Waals surface area contributed by atoms with Crippen LogP contribution in [0.1, 0.15) is 36.8 Å². The summed E-state index contributed by atoms with van der Waals surface area (Å²) in [7, 11) is 1.66. The van der Waals surface area contributed by atoms with E-state index < -0.39 is 0 Å². The number of benzene rings is 1. The van der Waals surface area contributed by atoms with Crippen molar-refractivity contribution in [1.29, 1.82) is 0 Å². The smallest absolute Gasteiger partial charge is 0.337 e. The fourth-order valence-electron chi connectivity index (χ4n) is 4.96. The van der Waals surface area contributed by atoms with Crippen molar-refractivity contribution in [3.63, 3.8) is 0 Å². The van der Waals surface area contributed by atoms with E-state index in [1.165, 1.54) is 0 Å². The van der Waals surface area contributed by atoms with Crippen molar-refractivity contribution in [2.45, 2.75) is 37.8 Å². The Balaban J connectivity index is 1.56. The molecule has 2 aliphatic heterocycles. The van der Waals surface area contributed by atoms with Crippen molar-refractivity contribution in [3.05, 3.63) is 64.8 Å². The predicted octanol–water partition coefficient (Wildman–Crippen LogP) is 3.57. The average Bonchev–Trinajstić information content (AvgIpc) is 3.35. The van der Waals surface area contributed by atoms with Gasteiger partial charge in [0.15, 0.2) is 5.75 Å². The number of carbonyl (C=O) groups is 2. The van der Waals surface area contributed by atoms with Crippen LogP contribution in [-0.4, -0.2) is 44.3 Å². The second kappa shape index (κ2) is 7.89. The Kier molecular flexibility index (Phi) is 5.04. The summed E-state index contributed by atoms with van der Waals surface area (Å²) in [6, 6.07) is 2.24. The summed E-state index contributed by atoms with van der Waals surface area (Å²) in [5.41, 5.74) is 5.11. The van der Waals surface area contributed by atoms with Crippen LogP contribution in [0.3, 0.4) is 0 Å². The molecule has 0 aromatic heterocycles. The van der Waals surface area contributed by atoms with Gasteiger partial charge in [-0.1, -0.05) is 30.4 Å². The number of fused-ring (bicyclic) bond motifs is 6. The first-order valence-electron chi connectivity index (χ1n) is 11.0. The van der Waals surface area contributed by atoms with Gasteiger partial charge in [-0.25, -0.2) is 9.59 Å². The number of carbonyl (C=O) groups excluding carboxylic acids is 2. The van der Waals surface area contributed by atoms with Gasteiger partial charge < -0.3 is 24.8 Å². The molecule has 0 bridgehead atoms. The highest BCUT2D eigenvalue weighted by molar-refractivity contribution is 5.94. The van der Waals surface area contributed by atoms with Gasteiger partial charge in [0.2, 0.25) is 0 Å². The molecule has 4 unspecified atom stereocenters. The first kappa shape index (κ1) is 20.4. The third kappa shape index (κ3) is 3.11. The van der Waals surface area contributed by atoms with Crippen molar-refractivity contribution in [3.8, 4) is 5.75 Å². The summed E-state index contributed by atoms with van der Waals surface area (Å²) >= 11 is 0. The van der Waals surface area contributed by atoms with Crippen LogP contribution in [0.5, 0.6) is 5.75 Å². The molecule has 0 radical (unpaired) electrons. The Morgan fingerprint density at radius 2 is 1.31 bits per heavy atom. The molecule has 0 amide bonds. The van der Waals surface area contributed by atoms with Gasteiger partial charge in [-0.3, -0.25) is 0 Å². The maximum atomic E-state index is 12.3. The summed E-state index contributed by atoms with van der Waals surface area (Å²) < 4.78 is 16.2. The van der Waals surface area contributed by atoms with Crippen molar-refractivity contribution < 1.29 is 23.8 Å². The van der Waals surface area contributed by atoms with Crippen LogP contribution in [0.25, 0.3) is 0 Å². The lowest BCUT2D eigenvalue weighted by Gasteiger charge is -2.20. The van der Waals surface area contributed by atoms with E-state index in [9.17, 15) is 9.59 Å². The van der Waals surface area contributed by atoms with Gasteiger partial charge in [0.25, 0.3) is 0 Å². The topological polar surface area (TPSA) is 85.9 Å². The third-order valence-electron chi connectivity index (χ3n) is 6.37. The highest BCUT2D eigenvalue weighted by Crippen LogP contribution is 2.54. The first-order chi connectivity index (χ1) is 15.5. The van der Waals surface area contributed by atoms with Crippen LogP contribution < -0.4 is 15.4 Å². The van der Waals surface area contributed by atoms with Gasteiger partial charge >= 0.3 is 11.9 Å². The summed E-state index contributed by atoms with van der Waals surface area (Å²) in [5, 5.41) is 7.09. The number of rotatable bonds is 5. The first-order valence-corrected chi connectivity index (χ1v) is 11.0. The molecule has 32 heavy (non-hydrogen) atoms. The molecule has 2 N–H and O–H groups in total. The van der Waals surface area contributed by atoms with Crippen LogP contribution in [0.4, 0.5) is 11.4 Å². The predicted molar refractivity (Wildman–Crippen MR) is 121 cm³/mol. The Morgan fingerprint density at radius 1 is 0.844 bits per heavy atom. The zero-order valence-corrected chi connectivity index (χ0v) is 18.3. The molecule has 7 nitrogen and oxygen atoms in total. The summed E-state index contributed by atoms with van der Waals surface area (Å²) in [4.78, 5) is 24.6. The zero-order valence-electron chi connectivity index (χ0n) is 18.3. The van der Waals surface area contributed by atoms with Crippen molar-refractivity contribution in [1.82, 2.24) is 0 Å². The number of methoxy groups -OCH3 is 1. The van der Waals surface area contributed by atoms with E-state index in [0.29, 0.717) is 24.4 Å². The molecule has 2 aliphatic carbocycles. The van der Waals surface area contributed by atoms with E-state index in [0.717, 1.165) is 28.3 Å². The molecule has 5 rings (SSSR count). The van der Waals surface area contributed by atoms with Crippen molar-refractivity contribution in [2.24, 2.45) is 0 Å². The van der Waals surface area contributed by atoms with E-state index in [1.54, 1.807) is 21.0 Å². The summed E-state index contributed by atoms with van der Waals surface area (Å²) in [6.45, 7) is 4.28. The minimum Gasteiger partial charge on any atom is -0.492 e. The molecule has 2 heterocycles. The molecular formula is C25H26N2O5. The summed E-state index contributed by atoms with van der Waals surface area (Å²) in [6.07, 6.45) is 11.6. The Hall–Kier alpha value is -3.48. The minimum absolute atomic E-state index is 0.0136. The largest absolute Gasteiger partial charge is 0.492 e. The second-order valence-electron chi connectivity index (χ2n) is 8.13. The van der Waals surface area contributed by atoms with Crippen LogP contribution in [-0.2, 0) is 19.1 Å². The maximum Gasteiger partial charge on any atom is 0.337 e. The fourth-order valence-corrected chi connectivity index (χ4v) is 4.96. The molecular weight excluding hydrogens is 408 g/mol. The standard InChI is InChI=1S/C25H26N2O5/c1-4-31-24(28)13-6-8-19-15(10-13)17-12-18-16-11-14(25(29)32-5-2)7-9-20(16)27-22(18)23(30-3)21(17)26-19/h6-12,15-16,19-20,26-27H,4-5H2,1-3H3. The second-order valence-corrected chi connectivity index (χ2v) is 8.13. The fraction of sp³-hybridized carbons (Fsp3) is 0.360. The number of esters is 2. The van der Waals surface area contributed by atoms with Gasteiger partial charge in [0.1, 0.15) is 0 Å². The highest BCUT2D eigenvalue weighted by atomic mass is 16.5. The minimum atomic E-state index is -0.315. The quantitative estimate of drug-likeness (QED) is 0.685. The Morgan fingerprint density at radius 3 is 1.72 bits per heavy atom. The zero-order chi connectivity index (χ0) is 22.4. The molecule has 0 fully saturated rings.